The maximum atomic E-state index is 3.37. The molecule has 0 aliphatic carbocycles. The van der Waals surface area contributed by atoms with Crippen LogP contribution in [0.2, 0.25) is 0 Å². The molecule has 0 radical (unpaired) electrons. The summed E-state index contributed by atoms with van der Waals surface area (Å²) in [5.74, 6) is 0. The summed E-state index contributed by atoms with van der Waals surface area (Å²) in [7, 11) is 6.02. The quantitative estimate of drug-likeness (QED) is 0.741. The number of nitrogens with one attached hydrogen (secondary N) is 1. The molecule has 0 fully saturated rings. The molecule has 0 aromatic heterocycles. The van der Waals surface area contributed by atoms with Gasteiger partial charge in [-0.3, -0.25) is 0 Å². The van der Waals surface area contributed by atoms with Crippen molar-refractivity contribution in [3.8, 4) is 0 Å². The number of aryl methyl sites for hydroxylation is 1. The molecule has 0 bridgehead atoms. The third-order valence-corrected chi connectivity index (χ3v) is 2.20. The molecular weight excluding hydrogens is 287 g/mol. The summed E-state index contributed by atoms with van der Waals surface area (Å²) in [6, 6.07) is 18.5. The summed E-state index contributed by atoms with van der Waals surface area (Å²) in [6.07, 6.45) is 0. The third kappa shape index (κ3) is 8.33. The number of hydrogen-bond acceptors (Lipinski definition) is 1. The van der Waals surface area contributed by atoms with E-state index in [4.69, 9.17) is 0 Å². The summed E-state index contributed by atoms with van der Waals surface area (Å²) < 4.78 is 0. The summed E-state index contributed by atoms with van der Waals surface area (Å²) in [4.78, 5) is 0. The van der Waals surface area contributed by atoms with Gasteiger partial charge in [0.2, 0.25) is 0 Å². The van der Waals surface area contributed by atoms with Crippen molar-refractivity contribution in [2.45, 2.75) is 6.92 Å². The van der Waals surface area contributed by atoms with Crippen molar-refractivity contribution in [1.29, 1.82) is 0 Å². The van der Waals surface area contributed by atoms with E-state index in [0.717, 1.165) is 14.0 Å². The van der Waals surface area contributed by atoms with Crippen molar-refractivity contribution >= 4 is 37.8 Å². The Kier molecular flexibility index (Phi) is 12.2. The van der Waals surface area contributed by atoms with Crippen molar-refractivity contribution in [3.63, 3.8) is 0 Å². The van der Waals surface area contributed by atoms with Gasteiger partial charge < -0.3 is 5.32 Å². The van der Waals surface area contributed by atoms with E-state index in [0.29, 0.717) is 0 Å². The molecule has 0 saturated heterocycles. The van der Waals surface area contributed by atoms with Crippen LogP contribution in [0.15, 0.2) is 54.6 Å². The lowest BCUT2D eigenvalue weighted by atomic mass is 10.2. The fourth-order valence-electron chi connectivity index (χ4n) is 1.39. The van der Waals surface area contributed by atoms with Crippen LogP contribution in [0.25, 0.3) is 0 Å². The molecule has 0 aliphatic rings. The standard InChI is InChI=1S/C13H13N.CH6P2.CH5P/c1-11-7-5-6-10-13(11)14-12-8-3-2-4-9-12;1-3-2;1-2/h2-10,14H,1H3;3H,2H2,1H3;2H2,1H3. The van der Waals surface area contributed by atoms with E-state index in [1.165, 1.54) is 11.3 Å². The van der Waals surface area contributed by atoms with Gasteiger partial charge in [0.15, 0.2) is 0 Å². The smallest absolute Gasteiger partial charge is 0.0413 e. The van der Waals surface area contributed by atoms with Crippen LogP contribution in [0.1, 0.15) is 5.56 Å². The summed E-state index contributed by atoms with van der Waals surface area (Å²) in [5, 5.41) is 3.37. The van der Waals surface area contributed by atoms with Gasteiger partial charge >= 0.3 is 0 Å². The van der Waals surface area contributed by atoms with Crippen LogP contribution < -0.4 is 5.32 Å². The third-order valence-electron chi connectivity index (χ3n) is 2.20. The second-order valence-corrected chi connectivity index (χ2v) is 5.90. The first-order chi connectivity index (χ1) is 9.27. The van der Waals surface area contributed by atoms with Crippen molar-refractivity contribution in [2.75, 3.05) is 18.6 Å². The van der Waals surface area contributed by atoms with E-state index in [-0.39, 0.29) is 0 Å². The highest BCUT2D eigenvalue weighted by atomic mass is 32.0. The largest absolute Gasteiger partial charge is 0.355 e. The Hall–Kier alpha value is -0.470. The molecule has 3 atom stereocenters. The minimum Gasteiger partial charge on any atom is -0.355 e. The Labute approximate surface area is 124 Å². The molecule has 0 aliphatic heterocycles. The van der Waals surface area contributed by atoms with E-state index in [2.05, 4.69) is 61.3 Å². The Morgan fingerprint density at radius 1 is 0.895 bits per heavy atom. The van der Waals surface area contributed by atoms with Crippen LogP contribution in [-0.2, 0) is 0 Å². The van der Waals surface area contributed by atoms with Crippen molar-refractivity contribution < 1.29 is 0 Å². The van der Waals surface area contributed by atoms with Crippen LogP contribution >= 0.6 is 26.4 Å². The lowest BCUT2D eigenvalue weighted by Crippen LogP contribution is -1.91. The summed E-state index contributed by atoms with van der Waals surface area (Å²) in [6.45, 7) is 6.13. The van der Waals surface area contributed by atoms with E-state index in [1.807, 2.05) is 37.0 Å². The fourth-order valence-corrected chi connectivity index (χ4v) is 1.39. The van der Waals surface area contributed by atoms with E-state index >= 15 is 0 Å². The number of anilines is 2. The maximum Gasteiger partial charge on any atom is 0.0413 e. The Morgan fingerprint density at radius 2 is 1.37 bits per heavy atom. The van der Waals surface area contributed by atoms with Gasteiger partial charge in [0, 0.05) is 11.4 Å². The van der Waals surface area contributed by atoms with E-state index in [1.54, 1.807) is 0 Å². The van der Waals surface area contributed by atoms with Gasteiger partial charge in [-0.2, -0.15) is 0 Å². The molecular formula is C15H24NP3. The fraction of sp³-hybridized carbons (Fsp3) is 0.200. The zero-order valence-corrected chi connectivity index (χ0v) is 15.2. The number of rotatable bonds is 2. The summed E-state index contributed by atoms with van der Waals surface area (Å²) in [5.41, 5.74) is 3.55. The van der Waals surface area contributed by atoms with Crippen LogP contribution in [0.4, 0.5) is 11.4 Å². The van der Waals surface area contributed by atoms with E-state index < -0.39 is 0 Å². The normalized spacial score (nSPS) is 9.11. The first kappa shape index (κ1) is 18.5. The first-order valence-electron chi connectivity index (χ1n) is 6.10. The molecule has 4 heteroatoms. The summed E-state index contributed by atoms with van der Waals surface area (Å²) >= 11 is 0. The highest BCUT2D eigenvalue weighted by molar-refractivity contribution is 8.02. The molecule has 0 spiro atoms. The number of hydrogen-bond donors (Lipinski definition) is 1. The average Bonchev–Trinajstić information content (AvgIpc) is 2.46. The van der Waals surface area contributed by atoms with Gasteiger partial charge in [0.25, 0.3) is 0 Å². The minimum absolute atomic E-state index is 1.00. The average molecular weight is 311 g/mol. The monoisotopic (exact) mass is 311 g/mol. The minimum atomic E-state index is 1.00. The van der Waals surface area contributed by atoms with Gasteiger partial charge in [0.05, 0.1) is 0 Å². The molecule has 1 nitrogen and oxygen atoms in total. The maximum absolute atomic E-state index is 3.37. The Morgan fingerprint density at radius 3 is 1.89 bits per heavy atom. The zero-order chi connectivity index (χ0) is 14.5. The molecule has 2 aromatic rings. The second-order valence-electron chi connectivity index (χ2n) is 3.59. The van der Waals surface area contributed by atoms with Crippen molar-refractivity contribution in [3.05, 3.63) is 60.2 Å². The topological polar surface area (TPSA) is 12.0 Å². The van der Waals surface area contributed by atoms with Crippen LogP contribution in [0.5, 0.6) is 0 Å². The van der Waals surface area contributed by atoms with Crippen LogP contribution in [0.3, 0.4) is 0 Å². The van der Waals surface area contributed by atoms with Gasteiger partial charge in [-0.1, -0.05) is 43.1 Å². The zero-order valence-electron chi connectivity index (χ0n) is 11.9. The molecule has 0 saturated carbocycles. The van der Waals surface area contributed by atoms with Crippen LogP contribution in [-0.4, -0.2) is 13.3 Å². The highest BCUT2D eigenvalue weighted by Gasteiger charge is 1.95. The number of para-hydroxylation sites is 2. The van der Waals surface area contributed by atoms with Gasteiger partial charge in [-0.15, -0.1) is 26.4 Å². The molecule has 2 rings (SSSR count). The lowest BCUT2D eigenvalue weighted by molar-refractivity contribution is 1.43. The van der Waals surface area contributed by atoms with Gasteiger partial charge in [-0.05, 0) is 37.4 Å². The molecule has 2 aromatic carbocycles. The second kappa shape index (κ2) is 12.6. The SMILES string of the molecule is CP.CPP.Cc1ccccc1Nc1ccccc1. The van der Waals surface area contributed by atoms with Crippen molar-refractivity contribution in [1.82, 2.24) is 0 Å². The highest BCUT2D eigenvalue weighted by Crippen LogP contribution is 2.19. The molecule has 0 amide bonds. The van der Waals surface area contributed by atoms with Crippen molar-refractivity contribution in [2.24, 2.45) is 0 Å². The Balaban J connectivity index is 0.000000573. The van der Waals surface area contributed by atoms with Gasteiger partial charge in [-0.25, -0.2) is 0 Å². The predicted molar refractivity (Wildman–Crippen MR) is 100 cm³/mol. The molecule has 19 heavy (non-hydrogen) atoms. The van der Waals surface area contributed by atoms with Crippen LogP contribution in [0, 0.1) is 6.92 Å². The predicted octanol–water partition coefficient (Wildman–Crippen LogP) is 5.31. The van der Waals surface area contributed by atoms with Gasteiger partial charge in [0.1, 0.15) is 0 Å². The number of benzene rings is 2. The molecule has 3 unspecified atom stereocenters. The first-order valence-corrected chi connectivity index (χ1v) is 10.6. The lowest BCUT2D eigenvalue weighted by Gasteiger charge is -2.08. The molecule has 0 heterocycles. The van der Waals surface area contributed by atoms with E-state index in [9.17, 15) is 0 Å². The Bertz CT molecular complexity index is 432. The molecule has 1 N–H and O–H groups in total. The molecule has 104 valence electrons.